The molecule has 4 aromatic rings. The van der Waals surface area contributed by atoms with E-state index in [0.29, 0.717) is 27.2 Å². The van der Waals surface area contributed by atoms with Crippen molar-refractivity contribution < 1.29 is 19.7 Å². The van der Waals surface area contributed by atoms with Crippen LogP contribution in [0.25, 0.3) is 22.0 Å². The van der Waals surface area contributed by atoms with Crippen LogP contribution in [0, 0.1) is 0 Å². The number of halogens is 1. The average Bonchev–Trinajstić information content (AvgIpc) is 3.55. The van der Waals surface area contributed by atoms with Gasteiger partial charge in [0.25, 0.3) is 0 Å². The molecule has 1 aliphatic carbocycles. The summed E-state index contributed by atoms with van der Waals surface area (Å²) in [7, 11) is 1.47. The average molecular weight is 449 g/mol. The van der Waals surface area contributed by atoms with Crippen molar-refractivity contribution in [3.63, 3.8) is 0 Å². The Morgan fingerprint density at radius 1 is 1.22 bits per heavy atom. The van der Waals surface area contributed by atoms with E-state index in [1.165, 1.54) is 19.5 Å². The lowest BCUT2D eigenvalue weighted by Crippen LogP contribution is -2.11. The van der Waals surface area contributed by atoms with Crippen LogP contribution in [0.3, 0.4) is 0 Å². The molecule has 32 heavy (non-hydrogen) atoms. The van der Waals surface area contributed by atoms with Crippen molar-refractivity contribution >= 4 is 28.3 Å². The minimum atomic E-state index is -0.379. The van der Waals surface area contributed by atoms with Crippen molar-refractivity contribution in [2.75, 3.05) is 13.7 Å². The Labute approximate surface area is 189 Å². The van der Waals surface area contributed by atoms with E-state index in [1.807, 2.05) is 30.3 Å². The monoisotopic (exact) mass is 448 g/mol. The second-order valence-electron chi connectivity index (χ2n) is 8.15. The number of aliphatic hydroxyl groups is 1. The van der Waals surface area contributed by atoms with Gasteiger partial charge in [0.2, 0.25) is 11.7 Å². The number of H-pyrrole nitrogens is 1. The molecule has 0 aliphatic heterocycles. The van der Waals surface area contributed by atoms with Gasteiger partial charge in [-0.3, -0.25) is 9.78 Å². The lowest BCUT2D eigenvalue weighted by atomic mass is 9.93. The number of ketones is 1. The van der Waals surface area contributed by atoms with Crippen molar-refractivity contribution in [3.05, 3.63) is 76.6 Å². The first-order valence-corrected chi connectivity index (χ1v) is 10.6. The van der Waals surface area contributed by atoms with E-state index in [-0.39, 0.29) is 29.2 Å². The molecule has 0 radical (unpaired) electrons. The number of hydrogen-bond acceptors (Lipinski definition) is 5. The summed E-state index contributed by atoms with van der Waals surface area (Å²) in [5.74, 6) is -0.282. The number of aliphatic hydroxyl groups excluding tert-OH is 1. The van der Waals surface area contributed by atoms with Gasteiger partial charge in [0, 0.05) is 22.6 Å². The number of methoxy groups -OCH3 is 1. The van der Waals surface area contributed by atoms with Crippen LogP contribution in [0.2, 0.25) is 5.02 Å². The molecule has 6 nitrogen and oxygen atoms in total. The highest BCUT2D eigenvalue weighted by Gasteiger charge is 2.43. The molecule has 0 atom stereocenters. The van der Waals surface area contributed by atoms with Gasteiger partial charge in [-0.25, -0.2) is 0 Å². The number of pyridine rings is 1. The number of aromatic hydroxyl groups is 1. The highest BCUT2D eigenvalue weighted by molar-refractivity contribution is 6.34. The van der Waals surface area contributed by atoms with E-state index in [1.54, 1.807) is 12.1 Å². The van der Waals surface area contributed by atoms with E-state index in [4.69, 9.17) is 16.3 Å². The number of aromatic nitrogens is 2. The highest BCUT2D eigenvalue weighted by atomic mass is 35.5. The maximum atomic E-state index is 13.3. The van der Waals surface area contributed by atoms with Gasteiger partial charge >= 0.3 is 0 Å². The third-order valence-electron chi connectivity index (χ3n) is 6.31. The van der Waals surface area contributed by atoms with Gasteiger partial charge in [0.15, 0.2) is 0 Å². The molecule has 0 amide bonds. The number of aromatic amines is 1. The van der Waals surface area contributed by atoms with Gasteiger partial charge < -0.3 is 19.9 Å². The smallest absolute Gasteiger partial charge is 0.202 e. The van der Waals surface area contributed by atoms with Crippen molar-refractivity contribution in [1.82, 2.24) is 9.97 Å². The summed E-state index contributed by atoms with van der Waals surface area (Å²) in [4.78, 5) is 20.1. The molecule has 1 fully saturated rings. The van der Waals surface area contributed by atoms with Crippen molar-refractivity contribution in [2.24, 2.45) is 0 Å². The van der Waals surface area contributed by atoms with Gasteiger partial charge in [0.05, 0.1) is 41.6 Å². The molecule has 2 aromatic carbocycles. The lowest BCUT2D eigenvalue weighted by Gasteiger charge is -2.13. The number of benzene rings is 2. The molecule has 7 heteroatoms. The fourth-order valence-corrected chi connectivity index (χ4v) is 4.48. The van der Waals surface area contributed by atoms with Gasteiger partial charge in [-0.2, -0.15) is 0 Å². The third kappa shape index (κ3) is 3.23. The maximum absolute atomic E-state index is 13.3. The third-order valence-corrected chi connectivity index (χ3v) is 6.62. The van der Waals surface area contributed by atoms with Gasteiger partial charge in [-0.1, -0.05) is 35.9 Å². The zero-order chi connectivity index (χ0) is 22.5. The Morgan fingerprint density at radius 3 is 2.62 bits per heavy atom. The second kappa shape index (κ2) is 7.65. The maximum Gasteiger partial charge on any atom is 0.202 e. The fourth-order valence-electron chi connectivity index (χ4n) is 4.21. The number of carbonyl (C=O) groups is 1. The van der Waals surface area contributed by atoms with E-state index < -0.39 is 0 Å². The molecule has 3 N–H and O–H groups in total. The zero-order valence-electron chi connectivity index (χ0n) is 17.4. The summed E-state index contributed by atoms with van der Waals surface area (Å²) in [6.45, 7) is 0.144. The summed E-state index contributed by atoms with van der Waals surface area (Å²) in [6.07, 6.45) is 4.94. The molecule has 162 valence electrons. The minimum Gasteiger partial charge on any atom is -0.494 e. The first-order chi connectivity index (χ1) is 15.5. The number of nitrogens with zero attached hydrogens (tertiary/aromatic N) is 1. The SMILES string of the molecule is COc1cnccc1C(=O)c1c(O)[nH]c2cc(Cl)c(-c3ccc(C4(CO)CC4)cc3)cc12. The number of nitrogens with one attached hydrogen (secondary N) is 1. The standard InChI is InChI=1S/C25H21ClN2O4/c1-32-21-12-27-9-6-16(21)23(30)22-18-10-17(19(26)11-20(18)28-24(22)31)14-2-4-15(5-3-14)25(13-29)7-8-25/h2-6,9-12,28-29,31H,7-8,13H2,1H3. The molecule has 0 bridgehead atoms. The van der Waals surface area contributed by atoms with Crippen LogP contribution in [-0.4, -0.2) is 39.7 Å². The first-order valence-electron chi connectivity index (χ1n) is 10.3. The molecular weight excluding hydrogens is 428 g/mol. The van der Waals surface area contributed by atoms with Crippen LogP contribution >= 0.6 is 11.6 Å². The zero-order valence-corrected chi connectivity index (χ0v) is 18.1. The van der Waals surface area contributed by atoms with E-state index in [2.05, 4.69) is 9.97 Å². The first kappa shape index (κ1) is 20.5. The molecule has 1 saturated carbocycles. The van der Waals surface area contributed by atoms with E-state index >= 15 is 0 Å². The normalized spacial score (nSPS) is 14.5. The number of fused-ring (bicyclic) bond motifs is 1. The molecule has 0 spiro atoms. The van der Waals surface area contributed by atoms with Gasteiger partial charge in [0.1, 0.15) is 5.75 Å². The fraction of sp³-hybridized carbons (Fsp3) is 0.200. The Hall–Kier alpha value is -3.35. The van der Waals surface area contributed by atoms with E-state index in [0.717, 1.165) is 29.5 Å². The summed E-state index contributed by atoms with van der Waals surface area (Å²) in [5, 5.41) is 21.3. The summed E-state index contributed by atoms with van der Waals surface area (Å²) >= 11 is 6.56. The Kier molecular flexibility index (Phi) is 4.92. The molecule has 2 aromatic heterocycles. The van der Waals surface area contributed by atoms with Crippen LogP contribution in [0.4, 0.5) is 0 Å². The predicted octanol–water partition coefficient (Wildman–Crippen LogP) is 4.85. The molecule has 0 saturated heterocycles. The summed E-state index contributed by atoms with van der Waals surface area (Å²) in [6, 6.07) is 13.0. The van der Waals surface area contributed by atoms with Crippen molar-refractivity contribution in [1.29, 1.82) is 0 Å². The lowest BCUT2D eigenvalue weighted by molar-refractivity contribution is 0.103. The Balaban J connectivity index is 1.61. The summed E-state index contributed by atoms with van der Waals surface area (Å²) < 4.78 is 5.27. The van der Waals surface area contributed by atoms with Crippen molar-refractivity contribution in [3.8, 4) is 22.8 Å². The molecular formula is C25H21ClN2O4. The number of carbonyl (C=O) groups excluding carboxylic acids is 1. The van der Waals surface area contributed by atoms with Crippen LogP contribution in [0.1, 0.15) is 34.3 Å². The van der Waals surface area contributed by atoms with Gasteiger partial charge in [-0.15, -0.1) is 0 Å². The van der Waals surface area contributed by atoms with Crippen LogP contribution in [0.5, 0.6) is 11.6 Å². The second-order valence-corrected chi connectivity index (χ2v) is 8.55. The number of hydrogen-bond donors (Lipinski definition) is 3. The summed E-state index contributed by atoms with van der Waals surface area (Å²) in [5.41, 5.74) is 3.64. The number of rotatable bonds is 6. The Morgan fingerprint density at radius 2 is 1.97 bits per heavy atom. The Bertz CT molecular complexity index is 1340. The number of ether oxygens (including phenoxy) is 1. The topological polar surface area (TPSA) is 95.4 Å². The minimum absolute atomic E-state index is 0.109. The highest BCUT2D eigenvalue weighted by Crippen LogP contribution is 2.48. The van der Waals surface area contributed by atoms with Crippen molar-refractivity contribution in [2.45, 2.75) is 18.3 Å². The van der Waals surface area contributed by atoms with Crippen LogP contribution in [0.15, 0.2) is 54.9 Å². The quantitative estimate of drug-likeness (QED) is 0.366. The molecule has 0 unspecified atom stereocenters. The van der Waals surface area contributed by atoms with E-state index in [9.17, 15) is 15.0 Å². The molecule has 1 aliphatic rings. The molecule has 2 heterocycles. The van der Waals surface area contributed by atoms with Crippen LogP contribution < -0.4 is 4.74 Å². The van der Waals surface area contributed by atoms with Crippen LogP contribution in [-0.2, 0) is 5.41 Å². The largest absolute Gasteiger partial charge is 0.494 e. The van der Waals surface area contributed by atoms with Gasteiger partial charge in [-0.05, 0) is 42.2 Å². The molecule has 5 rings (SSSR count). The predicted molar refractivity (Wildman–Crippen MR) is 123 cm³/mol.